The normalized spacial score (nSPS) is 21.8. The average molecular weight is 388 g/mol. The van der Waals surface area contributed by atoms with Crippen LogP contribution < -0.4 is 4.74 Å². The molecule has 26 heavy (non-hydrogen) atoms. The molecule has 1 aromatic carbocycles. The van der Waals surface area contributed by atoms with Crippen molar-refractivity contribution >= 4 is 11.9 Å². The summed E-state index contributed by atoms with van der Waals surface area (Å²) in [4.78, 5) is 3.10. The molecule has 3 rings (SSSR count). The highest BCUT2D eigenvalue weighted by molar-refractivity contribution is 7.97. The Balaban J connectivity index is 1.47. The van der Waals surface area contributed by atoms with Gasteiger partial charge in [-0.1, -0.05) is 19.1 Å². The van der Waals surface area contributed by atoms with Gasteiger partial charge in [-0.25, -0.2) is 4.31 Å². The molecule has 2 saturated heterocycles. The van der Waals surface area contributed by atoms with E-state index < -0.39 is 6.36 Å². The zero-order valence-electron chi connectivity index (χ0n) is 15.2. The number of benzene rings is 1. The number of halogens is 3. The summed E-state index contributed by atoms with van der Waals surface area (Å²) in [5.41, 5.74) is 0. The van der Waals surface area contributed by atoms with Crippen molar-refractivity contribution in [1.82, 2.24) is 9.21 Å². The van der Waals surface area contributed by atoms with Crippen LogP contribution in [0.5, 0.6) is 5.75 Å². The molecule has 0 saturated carbocycles. The molecule has 0 aromatic heterocycles. The van der Waals surface area contributed by atoms with Crippen LogP contribution in [0, 0.1) is 11.8 Å². The van der Waals surface area contributed by atoms with E-state index in [1.807, 2.05) is 0 Å². The third-order valence-corrected chi connectivity index (χ3v) is 6.43. The van der Waals surface area contributed by atoms with E-state index in [2.05, 4.69) is 20.9 Å². The molecule has 2 aliphatic heterocycles. The maximum Gasteiger partial charge on any atom is 0.573 e. The first-order valence-corrected chi connectivity index (χ1v) is 10.2. The number of nitrogens with zero attached hydrogens (tertiary/aromatic N) is 2. The van der Waals surface area contributed by atoms with E-state index in [0.717, 1.165) is 31.8 Å². The van der Waals surface area contributed by atoms with Crippen LogP contribution in [0.15, 0.2) is 29.2 Å². The lowest BCUT2D eigenvalue weighted by atomic mass is 9.94. The van der Waals surface area contributed by atoms with Crippen LogP contribution in [-0.4, -0.2) is 48.3 Å². The first kappa shape index (κ1) is 19.8. The van der Waals surface area contributed by atoms with E-state index in [-0.39, 0.29) is 5.75 Å². The number of para-hydroxylation sites is 1. The fourth-order valence-corrected chi connectivity index (χ4v) is 4.68. The molecule has 0 N–H and O–H groups in total. The fraction of sp³-hybridized carbons (Fsp3) is 0.684. The molecule has 0 bridgehead atoms. The van der Waals surface area contributed by atoms with Crippen LogP contribution in [0.1, 0.15) is 32.6 Å². The monoisotopic (exact) mass is 388 g/mol. The van der Waals surface area contributed by atoms with Crippen molar-refractivity contribution in [2.45, 2.75) is 43.9 Å². The molecule has 7 heteroatoms. The molecule has 0 atom stereocenters. The van der Waals surface area contributed by atoms with Crippen LogP contribution in [-0.2, 0) is 0 Å². The number of ether oxygens (including phenoxy) is 1. The highest BCUT2D eigenvalue weighted by Gasteiger charge is 2.32. The maximum absolute atomic E-state index is 12.5. The Kier molecular flexibility index (Phi) is 6.75. The van der Waals surface area contributed by atoms with Crippen LogP contribution in [0.4, 0.5) is 13.2 Å². The van der Waals surface area contributed by atoms with Gasteiger partial charge in [0.2, 0.25) is 0 Å². The Bertz CT molecular complexity index is 568. The molecule has 3 nitrogen and oxygen atoms in total. The molecule has 146 valence electrons. The van der Waals surface area contributed by atoms with Gasteiger partial charge in [-0.05, 0) is 74.7 Å². The molecule has 0 radical (unpaired) electrons. The molecule has 2 fully saturated rings. The van der Waals surface area contributed by atoms with Crippen molar-refractivity contribution in [3.63, 3.8) is 0 Å². The van der Waals surface area contributed by atoms with Crippen molar-refractivity contribution in [3.05, 3.63) is 24.3 Å². The van der Waals surface area contributed by atoms with Crippen LogP contribution >= 0.6 is 11.9 Å². The van der Waals surface area contributed by atoms with E-state index in [1.54, 1.807) is 18.2 Å². The second-order valence-electron chi connectivity index (χ2n) is 7.44. The second-order valence-corrected chi connectivity index (χ2v) is 8.58. The molecule has 2 heterocycles. The van der Waals surface area contributed by atoms with Crippen molar-refractivity contribution in [2.75, 3.05) is 32.7 Å². The van der Waals surface area contributed by atoms with Gasteiger partial charge < -0.3 is 9.64 Å². The van der Waals surface area contributed by atoms with Gasteiger partial charge in [-0.3, -0.25) is 0 Å². The number of hydrogen-bond acceptors (Lipinski definition) is 4. The van der Waals surface area contributed by atoms with Gasteiger partial charge in [0, 0.05) is 19.6 Å². The van der Waals surface area contributed by atoms with E-state index in [9.17, 15) is 13.2 Å². The molecule has 0 amide bonds. The smallest absolute Gasteiger partial charge is 0.405 e. The minimum Gasteiger partial charge on any atom is -0.405 e. The zero-order valence-corrected chi connectivity index (χ0v) is 16.0. The summed E-state index contributed by atoms with van der Waals surface area (Å²) in [5.74, 6) is 1.43. The van der Waals surface area contributed by atoms with Gasteiger partial charge in [-0.15, -0.1) is 13.2 Å². The zero-order chi connectivity index (χ0) is 18.6. The predicted molar refractivity (Wildman–Crippen MR) is 98.1 cm³/mol. The third-order valence-electron chi connectivity index (χ3n) is 5.27. The first-order valence-electron chi connectivity index (χ1n) is 9.39. The van der Waals surface area contributed by atoms with Crippen LogP contribution in [0.25, 0.3) is 0 Å². The Morgan fingerprint density at radius 3 is 2.35 bits per heavy atom. The van der Waals surface area contributed by atoms with Gasteiger partial charge >= 0.3 is 6.36 Å². The van der Waals surface area contributed by atoms with Crippen molar-refractivity contribution in [1.29, 1.82) is 0 Å². The standard InChI is InChI=1S/C19H27F3N2OS/c1-15-6-10-23(11-7-15)14-16-8-12-24(13-9-16)26-18-5-3-2-4-17(18)25-19(20,21)22/h2-5,15-16H,6-14H2,1H3. The lowest BCUT2D eigenvalue weighted by molar-refractivity contribution is -0.275. The first-order chi connectivity index (χ1) is 12.4. The molecule has 0 spiro atoms. The van der Waals surface area contributed by atoms with Crippen LogP contribution in [0.2, 0.25) is 0 Å². The van der Waals surface area contributed by atoms with Crippen molar-refractivity contribution in [2.24, 2.45) is 11.8 Å². The number of likely N-dealkylation sites (tertiary alicyclic amines) is 1. The minimum atomic E-state index is -4.66. The molecular weight excluding hydrogens is 361 g/mol. The predicted octanol–water partition coefficient (Wildman–Crippen LogP) is 5.04. The molecule has 0 aliphatic carbocycles. The highest BCUT2D eigenvalue weighted by Crippen LogP contribution is 2.36. The lowest BCUT2D eigenvalue weighted by Gasteiger charge is -2.36. The van der Waals surface area contributed by atoms with Gasteiger partial charge in [0.1, 0.15) is 5.75 Å². The largest absolute Gasteiger partial charge is 0.573 e. The topological polar surface area (TPSA) is 15.7 Å². The number of alkyl halides is 3. The molecule has 0 unspecified atom stereocenters. The molecular formula is C19H27F3N2OS. The van der Waals surface area contributed by atoms with E-state index in [4.69, 9.17) is 0 Å². The van der Waals surface area contributed by atoms with E-state index in [1.165, 1.54) is 50.5 Å². The molecule has 1 aromatic rings. The summed E-state index contributed by atoms with van der Waals surface area (Å²) < 4.78 is 44.0. The summed E-state index contributed by atoms with van der Waals surface area (Å²) in [5, 5.41) is 0. The Hall–Kier alpha value is -0.920. The van der Waals surface area contributed by atoms with Gasteiger partial charge in [0.25, 0.3) is 0 Å². The summed E-state index contributed by atoms with van der Waals surface area (Å²) in [6, 6.07) is 6.37. The lowest BCUT2D eigenvalue weighted by Crippen LogP contribution is -2.39. The van der Waals surface area contributed by atoms with Crippen LogP contribution in [0.3, 0.4) is 0 Å². The van der Waals surface area contributed by atoms with E-state index in [0.29, 0.717) is 10.8 Å². The number of hydrogen-bond donors (Lipinski definition) is 0. The third kappa shape index (κ3) is 6.06. The maximum atomic E-state index is 12.5. The highest BCUT2D eigenvalue weighted by atomic mass is 32.2. The number of piperidine rings is 2. The Morgan fingerprint density at radius 2 is 1.69 bits per heavy atom. The van der Waals surface area contributed by atoms with E-state index >= 15 is 0 Å². The molecule has 2 aliphatic rings. The summed E-state index contributed by atoms with van der Waals surface area (Å²) in [6.45, 7) is 7.71. The van der Waals surface area contributed by atoms with Gasteiger partial charge in [0.15, 0.2) is 0 Å². The summed E-state index contributed by atoms with van der Waals surface area (Å²) in [7, 11) is 0. The Labute approximate surface area is 158 Å². The average Bonchev–Trinajstić information content (AvgIpc) is 2.59. The SMILES string of the molecule is CC1CCN(CC2CCN(Sc3ccccc3OC(F)(F)F)CC2)CC1. The van der Waals surface area contributed by atoms with Crippen molar-refractivity contribution in [3.8, 4) is 5.75 Å². The summed E-state index contributed by atoms with van der Waals surface area (Å²) in [6.07, 6.45) is 0.133. The van der Waals surface area contributed by atoms with Gasteiger partial charge in [0.05, 0.1) is 4.90 Å². The minimum absolute atomic E-state index is 0.116. The van der Waals surface area contributed by atoms with Gasteiger partial charge in [-0.2, -0.15) is 0 Å². The fourth-order valence-electron chi connectivity index (χ4n) is 3.67. The quantitative estimate of drug-likeness (QED) is 0.657. The summed E-state index contributed by atoms with van der Waals surface area (Å²) >= 11 is 1.37. The Morgan fingerprint density at radius 1 is 1.04 bits per heavy atom. The number of rotatable bonds is 5. The second kappa shape index (κ2) is 8.85. The van der Waals surface area contributed by atoms with Crippen molar-refractivity contribution < 1.29 is 17.9 Å².